The fraction of sp³-hybridized carbons (Fsp3) is 0.824. The molecule has 24 heavy (non-hydrogen) atoms. The zero-order valence-corrected chi connectivity index (χ0v) is 15.9. The Labute approximate surface area is 145 Å². The first-order chi connectivity index (χ1) is 11.0. The van der Waals surface area contributed by atoms with Crippen molar-refractivity contribution in [1.29, 1.82) is 0 Å². The van der Waals surface area contributed by atoms with E-state index >= 15 is 0 Å². The highest BCUT2D eigenvalue weighted by molar-refractivity contribution is 6.47. The second-order valence-electron chi connectivity index (χ2n) is 8.23. The standard InChI is InChI=1S/C17H30BNO5/c1-15(2,14(20)21-7)11-22-13-9-8-12(10-19-13)18-23-16(3,4)17(5,6)24-18/h9,12,19H,8,10-11H2,1-7H3. The van der Waals surface area contributed by atoms with Gasteiger partial charge >= 0.3 is 13.1 Å². The third-order valence-electron chi connectivity index (χ3n) is 5.13. The van der Waals surface area contributed by atoms with Gasteiger partial charge in [-0.25, -0.2) is 0 Å². The lowest BCUT2D eigenvalue weighted by molar-refractivity contribution is -0.153. The molecule has 2 aliphatic rings. The summed E-state index contributed by atoms with van der Waals surface area (Å²) < 4.78 is 22.7. The minimum absolute atomic E-state index is 0.229. The van der Waals surface area contributed by atoms with Crippen molar-refractivity contribution in [3.8, 4) is 0 Å². The van der Waals surface area contributed by atoms with Gasteiger partial charge in [-0.1, -0.05) is 0 Å². The van der Waals surface area contributed by atoms with Crippen LogP contribution in [0.5, 0.6) is 0 Å². The minimum Gasteiger partial charge on any atom is -0.478 e. The van der Waals surface area contributed by atoms with Crippen LogP contribution in [0, 0.1) is 5.41 Å². The van der Waals surface area contributed by atoms with Gasteiger partial charge in [-0.05, 0) is 54.0 Å². The molecular weight excluding hydrogens is 309 g/mol. The molecule has 136 valence electrons. The number of allylic oxidation sites excluding steroid dienone is 1. The summed E-state index contributed by atoms with van der Waals surface area (Å²) >= 11 is 0. The third-order valence-corrected chi connectivity index (χ3v) is 5.13. The van der Waals surface area contributed by atoms with E-state index < -0.39 is 5.41 Å². The fourth-order valence-electron chi connectivity index (χ4n) is 2.64. The van der Waals surface area contributed by atoms with Gasteiger partial charge in [-0.3, -0.25) is 4.79 Å². The molecule has 0 radical (unpaired) electrons. The SMILES string of the molecule is COC(=O)C(C)(C)COC1=CCC(B2OC(C)(C)C(C)(C)O2)CN1. The molecule has 0 saturated carbocycles. The lowest BCUT2D eigenvalue weighted by Gasteiger charge is -2.32. The number of carbonyl (C=O) groups is 1. The van der Waals surface area contributed by atoms with Crippen molar-refractivity contribution in [1.82, 2.24) is 5.32 Å². The molecule has 1 saturated heterocycles. The van der Waals surface area contributed by atoms with E-state index in [2.05, 4.69) is 33.0 Å². The number of carbonyl (C=O) groups excluding carboxylic acids is 1. The summed E-state index contributed by atoms with van der Waals surface area (Å²) in [7, 11) is 1.16. The maximum Gasteiger partial charge on any atom is 0.463 e. The Bertz CT molecular complexity index is 499. The summed E-state index contributed by atoms with van der Waals surface area (Å²) in [5, 5.41) is 3.26. The van der Waals surface area contributed by atoms with E-state index in [1.807, 2.05) is 6.08 Å². The summed E-state index contributed by atoms with van der Waals surface area (Å²) in [5.41, 5.74) is -1.31. The topological polar surface area (TPSA) is 66.0 Å². The normalized spacial score (nSPS) is 25.7. The molecule has 2 aliphatic heterocycles. The molecule has 7 heteroatoms. The number of hydrogen-bond acceptors (Lipinski definition) is 6. The molecule has 1 fully saturated rings. The van der Waals surface area contributed by atoms with Gasteiger partial charge in [0.15, 0.2) is 5.88 Å². The maximum absolute atomic E-state index is 11.7. The minimum atomic E-state index is -0.681. The smallest absolute Gasteiger partial charge is 0.463 e. The summed E-state index contributed by atoms with van der Waals surface area (Å²) in [6.07, 6.45) is 2.80. The second-order valence-corrected chi connectivity index (χ2v) is 8.23. The molecule has 2 rings (SSSR count). The van der Waals surface area contributed by atoms with Crippen LogP contribution < -0.4 is 5.32 Å². The highest BCUT2D eigenvalue weighted by Gasteiger charge is 2.53. The summed E-state index contributed by atoms with van der Waals surface area (Å²) in [5.74, 6) is 0.640. The Morgan fingerprint density at radius 3 is 2.38 bits per heavy atom. The van der Waals surface area contributed by atoms with E-state index in [1.165, 1.54) is 7.11 Å². The Hall–Kier alpha value is -1.21. The van der Waals surface area contributed by atoms with Crippen molar-refractivity contribution >= 4 is 13.1 Å². The van der Waals surface area contributed by atoms with Gasteiger partial charge in [0.1, 0.15) is 6.61 Å². The van der Waals surface area contributed by atoms with Crippen molar-refractivity contribution in [3.05, 3.63) is 12.0 Å². The van der Waals surface area contributed by atoms with E-state index in [4.69, 9.17) is 18.8 Å². The van der Waals surface area contributed by atoms with E-state index in [1.54, 1.807) is 13.8 Å². The summed E-state index contributed by atoms with van der Waals surface area (Å²) in [4.78, 5) is 11.7. The van der Waals surface area contributed by atoms with Gasteiger partial charge in [-0.2, -0.15) is 0 Å². The molecule has 0 aromatic carbocycles. The molecular formula is C17H30BNO5. The average molecular weight is 339 g/mol. The molecule has 1 unspecified atom stereocenters. The Morgan fingerprint density at radius 1 is 1.33 bits per heavy atom. The van der Waals surface area contributed by atoms with Crippen LogP contribution in [0.1, 0.15) is 48.0 Å². The number of ether oxygens (including phenoxy) is 2. The first kappa shape index (κ1) is 19.1. The number of hydrogen-bond donors (Lipinski definition) is 1. The van der Waals surface area contributed by atoms with E-state index in [0.717, 1.165) is 6.42 Å². The van der Waals surface area contributed by atoms with Gasteiger partial charge in [0, 0.05) is 12.4 Å². The van der Waals surface area contributed by atoms with Crippen LogP contribution in [0.4, 0.5) is 0 Å². The maximum atomic E-state index is 11.7. The zero-order valence-electron chi connectivity index (χ0n) is 15.9. The molecule has 0 aliphatic carbocycles. The van der Waals surface area contributed by atoms with Crippen LogP contribution in [0.25, 0.3) is 0 Å². The van der Waals surface area contributed by atoms with Crippen molar-refractivity contribution in [2.75, 3.05) is 20.3 Å². The first-order valence-corrected chi connectivity index (χ1v) is 8.49. The molecule has 0 aromatic rings. The summed E-state index contributed by atoms with van der Waals surface area (Å²) in [6, 6.07) is 0. The fourth-order valence-corrected chi connectivity index (χ4v) is 2.64. The van der Waals surface area contributed by atoms with Crippen LogP contribution >= 0.6 is 0 Å². The highest BCUT2D eigenvalue weighted by Crippen LogP contribution is 2.41. The zero-order chi connectivity index (χ0) is 18.2. The largest absolute Gasteiger partial charge is 0.478 e. The Kier molecular flexibility index (Phi) is 5.26. The van der Waals surface area contributed by atoms with Crippen molar-refractivity contribution < 1.29 is 23.6 Å². The van der Waals surface area contributed by atoms with E-state index in [9.17, 15) is 4.79 Å². The molecule has 0 amide bonds. The number of methoxy groups -OCH3 is 1. The van der Waals surface area contributed by atoms with Crippen molar-refractivity contribution in [2.45, 2.75) is 65.0 Å². The van der Waals surface area contributed by atoms with Crippen LogP contribution in [-0.2, 0) is 23.6 Å². The lowest BCUT2D eigenvalue weighted by Crippen LogP contribution is -2.41. The highest BCUT2D eigenvalue weighted by atomic mass is 16.7. The van der Waals surface area contributed by atoms with Crippen LogP contribution in [-0.4, -0.2) is 44.6 Å². The quantitative estimate of drug-likeness (QED) is 0.613. The van der Waals surface area contributed by atoms with Crippen LogP contribution in [0.15, 0.2) is 12.0 Å². The molecule has 2 heterocycles. The van der Waals surface area contributed by atoms with Crippen LogP contribution in [0.2, 0.25) is 5.82 Å². The van der Waals surface area contributed by atoms with Gasteiger partial charge in [0.25, 0.3) is 0 Å². The first-order valence-electron chi connectivity index (χ1n) is 8.49. The van der Waals surface area contributed by atoms with Gasteiger partial charge in [0.2, 0.25) is 0 Å². The molecule has 0 aromatic heterocycles. The van der Waals surface area contributed by atoms with Crippen LogP contribution in [0.3, 0.4) is 0 Å². The molecule has 6 nitrogen and oxygen atoms in total. The Balaban J connectivity index is 1.88. The average Bonchev–Trinajstić information content (AvgIpc) is 2.73. The van der Waals surface area contributed by atoms with Gasteiger partial charge in [0.05, 0.1) is 23.7 Å². The lowest BCUT2D eigenvalue weighted by atomic mass is 9.69. The van der Waals surface area contributed by atoms with Crippen molar-refractivity contribution in [3.63, 3.8) is 0 Å². The number of rotatable bonds is 5. The summed E-state index contributed by atoms with van der Waals surface area (Å²) in [6.45, 7) is 12.8. The molecule has 0 bridgehead atoms. The second kappa shape index (κ2) is 6.60. The predicted octanol–water partition coefficient (Wildman–Crippen LogP) is 2.50. The van der Waals surface area contributed by atoms with E-state index in [-0.39, 0.29) is 36.7 Å². The van der Waals surface area contributed by atoms with Gasteiger partial charge < -0.3 is 24.1 Å². The third kappa shape index (κ3) is 3.89. The molecule has 1 atom stereocenters. The molecule has 1 N–H and O–H groups in total. The van der Waals surface area contributed by atoms with E-state index in [0.29, 0.717) is 12.4 Å². The van der Waals surface area contributed by atoms with Crippen molar-refractivity contribution in [2.24, 2.45) is 5.41 Å². The number of nitrogens with one attached hydrogen (secondary N) is 1. The Morgan fingerprint density at radius 2 is 1.92 bits per heavy atom. The van der Waals surface area contributed by atoms with Gasteiger partial charge in [-0.15, -0.1) is 0 Å². The molecule has 0 spiro atoms. The predicted molar refractivity (Wildman–Crippen MR) is 92.3 cm³/mol. The monoisotopic (exact) mass is 339 g/mol. The number of esters is 1.